The molecule has 0 bridgehead atoms. The number of nitrogens with zero attached hydrogens (tertiary/aromatic N) is 1. The van der Waals surface area contributed by atoms with Crippen molar-refractivity contribution in [1.29, 1.82) is 0 Å². The Balaban J connectivity index is 1.19. The molecule has 1 N–H and O–H groups in total. The zero-order chi connectivity index (χ0) is 24.8. The van der Waals surface area contributed by atoms with Crippen LogP contribution in [-0.4, -0.2) is 55.7 Å². The molecule has 1 aliphatic carbocycles. The number of hydrogen-bond donors (Lipinski definition) is 1. The molecular weight excluding hydrogens is 459 g/mol. The molecule has 7 heteroatoms. The highest BCUT2D eigenvalue weighted by molar-refractivity contribution is 5.67. The van der Waals surface area contributed by atoms with Crippen molar-refractivity contribution in [3.8, 4) is 0 Å². The first-order valence-corrected chi connectivity index (χ1v) is 13.3. The van der Waals surface area contributed by atoms with Crippen molar-refractivity contribution in [1.82, 2.24) is 10.2 Å². The van der Waals surface area contributed by atoms with E-state index in [9.17, 15) is 9.18 Å². The number of likely N-dealkylation sites (tertiary alicyclic amines) is 1. The highest BCUT2D eigenvalue weighted by atomic mass is 19.1. The van der Waals surface area contributed by atoms with E-state index in [0.29, 0.717) is 19.1 Å². The van der Waals surface area contributed by atoms with Crippen LogP contribution in [0.3, 0.4) is 0 Å². The van der Waals surface area contributed by atoms with Crippen LogP contribution >= 0.6 is 0 Å². The average molecular weight is 497 g/mol. The van der Waals surface area contributed by atoms with E-state index in [4.69, 9.17) is 14.2 Å². The zero-order valence-corrected chi connectivity index (χ0v) is 20.9. The fourth-order valence-electron chi connectivity index (χ4n) is 6.08. The van der Waals surface area contributed by atoms with Gasteiger partial charge in [0.05, 0.1) is 13.2 Å². The molecule has 2 aliphatic heterocycles. The van der Waals surface area contributed by atoms with Crippen molar-refractivity contribution in [2.24, 2.45) is 11.8 Å². The van der Waals surface area contributed by atoms with Crippen LogP contribution in [0.1, 0.15) is 43.2 Å². The van der Waals surface area contributed by atoms with Gasteiger partial charge in [-0.3, -0.25) is 0 Å². The van der Waals surface area contributed by atoms with Gasteiger partial charge >= 0.3 is 6.09 Å². The minimum absolute atomic E-state index is 0.0178. The lowest BCUT2D eigenvalue weighted by Gasteiger charge is -2.44. The van der Waals surface area contributed by atoms with E-state index in [-0.39, 0.29) is 30.5 Å². The van der Waals surface area contributed by atoms with Gasteiger partial charge in [-0.2, -0.15) is 0 Å². The summed E-state index contributed by atoms with van der Waals surface area (Å²) in [4.78, 5) is 15.2. The maximum Gasteiger partial charge on any atom is 0.407 e. The first-order valence-electron chi connectivity index (χ1n) is 13.3. The molecule has 5 rings (SSSR count). The molecule has 0 aromatic heterocycles. The summed E-state index contributed by atoms with van der Waals surface area (Å²) in [7, 11) is 0. The molecule has 2 aromatic rings. The van der Waals surface area contributed by atoms with Crippen LogP contribution in [-0.2, 0) is 27.2 Å². The predicted molar refractivity (Wildman–Crippen MR) is 135 cm³/mol. The van der Waals surface area contributed by atoms with Crippen molar-refractivity contribution in [2.75, 3.05) is 32.8 Å². The number of piperidine rings is 1. The van der Waals surface area contributed by atoms with Gasteiger partial charge < -0.3 is 24.4 Å². The molecule has 36 heavy (non-hydrogen) atoms. The minimum atomic E-state index is -0.514. The molecule has 2 saturated heterocycles. The third-order valence-electron chi connectivity index (χ3n) is 7.84. The molecule has 3 fully saturated rings. The Labute approximate surface area is 213 Å². The summed E-state index contributed by atoms with van der Waals surface area (Å²) in [5.41, 5.74) is 2.16. The van der Waals surface area contributed by atoms with Crippen LogP contribution in [0.25, 0.3) is 0 Å². The fraction of sp³-hybridized carbons (Fsp3) is 0.552. The highest BCUT2D eigenvalue weighted by Gasteiger charge is 2.46. The number of rotatable bonds is 7. The van der Waals surface area contributed by atoms with Crippen LogP contribution in [0, 0.1) is 17.7 Å². The van der Waals surface area contributed by atoms with E-state index in [1.165, 1.54) is 12.0 Å². The number of alkyl carbamates (subject to hydrolysis) is 1. The van der Waals surface area contributed by atoms with E-state index in [0.717, 1.165) is 57.3 Å². The SMILES string of the molecule is O=C(N[C@@H]1CCC2(C[C@H]1CN1CCC[C@@H](Cc3ccc(F)cc3)C1)OCCO2)OCc1ccccc1. The van der Waals surface area contributed by atoms with Crippen LogP contribution in [0.2, 0.25) is 0 Å². The largest absolute Gasteiger partial charge is 0.445 e. The summed E-state index contributed by atoms with van der Waals surface area (Å²) >= 11 is 0. The molecule has 0 radical (unpaired) electrons. The van der Waals surface area contributed by atoms with Gasteiger partial charge in [-0.05, 0) is 67.3 Å². The van der Waals surface area contributed by atoms with Gasteiger partial charge in [-0.15, -0.1) is 0 Å². The number of halogens is 1. The number of benzene rings is 2. The third kappa shape index (κ3) is 6.64. The van der Waals surface area contributed by atoms with Crippen molar-refractivity contribution >= 4 is 6.09 Å². The average Bonchev–Trinajstić information content (AvgIpc) is 3.34. The zero-order valence-electron chi connectivity index (χ0n) is 20.9. The number of hydrogen-bond acceptors (Lipinski definition) is 5. The van der Waals surface area contributed by atoms with Crippen molar-refractivity contribution in [3.05, 3.63) is 71.5 Å². The van der Waals surface area contributed by atoms with Crippen LogP contribution in [0.5, 0.6) is 0 Å². The van der Waals surface area contributed by atoms with Gasteiger partial charge in [0.15, 0.2) is 5.79 Å². The van der Waals surface area contributed by atoms with E-state index >= 15 is 0 Å². The number of carbonyl (C=O) groups is 1. The molecular formula is C29H37FN2O4. The van der Waals surface area contributed by atoms with Gasteiger partial charge in [0.25, 0.3) is 0 Å². The fourth-order valence-corrected chi connectivity index (χ4v) is 6.08. The Kier molecular flexibility index (Phi) is 8.19. The van der Waals surface area contributed by atoms with Gasteiger partial charge in [0, 0.05) is 32.0 Å². The van der Waals surface area contributed by atoms with E-state index in [2.05, 4.69) is 10.2 Å². The molecule has 1 saturated carbocycles. The second-order valence-corrected chi connectivity index (χ2v) is 10.5. The summed E-state index contributed by atoms with van der Waals surface area (Å²) in [6.45, 7) is 4.47. The van der Waals surface area contributed by atoms with Crippen molar-refractivity contribution < 1.29 is 23.4 Å². The Morgan fingerprint density at radius 2 is 1.83 bits per heavy atom. The summed E-state index contributed by atoms with van der Waals surface area (Å²) in [6, 6.07) is 16.6. The van der Waals surface area contributed by atoms with Crippen molar-refractivity contribution in [3.63, 3.8) is 0 Å². The molecule has 194 valence electrons. The van der Waals surface area contributed by atoms with Crippen molar-refractivity contribution in [2.45, 2.75) is 57.0 Å². The number of ether oxygens (including phenoxy) is 3. The molecule has 0 unspecified atom stereocenters. The lowest BCUT2D eigenvalue weighted by atomic mass is 9.79. The highest BCUT2D eigenvalue weighted by Crippen LogP contribution is 2.40. The summed E-state index contributed by atoms with van der Waals surface area (Å²) in [5, 5.41) is 3.16. The molecule has 3 aliphatic rings. The van der Waals surface area contributed by atoms with Gasteiger partial charge in [-0.25, -0.2) is 9.18 Å². The lowest BCUT2D eigenvalue weighted by Crippen LogP contribution is -2.53. The van der Waals surface area contributed by atoms with Gasteiger partial charge in [0.1, 0.15) is 12.4 Å². The van der Waals surface area contributed by atoms with E-state index < -0.39 is 5.79 Å². The first kappa shape index (κ1) is 25.2. The maximum atomic E-state index is 13.3. The smallest absolute Gasteiger partial charge is 0.407 e. The Morgan fingerprint density at radius 1 is 1.06 bits per heavy atom. The van der Waals surface area contributed by atoms with Crippen LogP contribution < -0.4 is 5.32 Å². The maximum absolute atomic E-state index is 13.3. The summed E-state index contributed by atoms with van der Waals surface area (Å²) in [5.74, 6) is 0.0567. The predicted octanol–water partition coefficient (Wildman–Crippen LogP) is 4.92. The van der Waals surface area contributed by atoms with Gasteiger partial charge in [0.2, 0.25) is 0 Å². The molecule has 3 atom stereocenters. The topological polar surface area (TPSA) is 60.0 Å². The Hall–Kier alpha value is -2.48. The third-order valence-corrected chi connectivity index (χ3v) is 7.84. The molecule has 6 nitrogen and oxygen atoms in total. The van der Waals surface area contributed by atoms with Gasteiger partial charge in [-0.1, -0.05) is 42.5 Å². The van der Waals surface area contributed by atoms with E-state index in [1.54, 1.807) is 12.1 Å². The first-order chi connectivity index (χ1) is 17.6. The minimum Gasteiger partial charge on any atom is -0.445 e. The quantitative estimate of drug-likeness (QED) is 0.590. The number of nitrogens with one attached hydrogen (secondary N) is 1. The number of carbonyl (C=O) groups excluding carboxylic acids is 1. The summed E-state index contributed by atoms with van der Waals surface area (Å²) in [6.07, 6.45) is 5.28. The standard InChI is InChI=1S/C29H37FN2O4/c30-26-10-8-22(9-11-26)17-24-7-4-14-32(19-24)20-25-18-29(35-15-16-36-29)13-12-27(25)31-28(33)34-21-23-5-2-1-3-6-23/h1-3,5-6,8-11,24-25,27H,4,7,12-21H2,(H,31,33)/t24-,25-,27+/m0/s1. The molecule has 2 aromatic carbocycles. The number of amides is 1. The summed E-state index contributed by atoms with van der Waals surface area (Å²) < 4.78 is 30.9. The monoisotopic (exact) mass is 496 g/mol. The second kappa shape index (κ2) is 11.7. The molecule has 1 amide bonds. The lowest BCUT2D eigenvalue weighted by molar-refractivity contribution is -0.192. The Bertz CT molecular complexity index is 981. The Morgan fingerprint density at radius 3 is 2.61 bits per heavy atom. The second-order valence-electron chi connectivity index (χ2n) is 10.5. The van der Waals surface area contributed by atoms with E-state index in [1.807, 2.05) is 42.5 Å². The normalized spacial score (nSPS) is 26.1. The van der Waals surface area contributed by atoms with Crippen LogP contribution in [0.4, 0.5) is 9.18 Å². The molecule has 2 heterocycles. The molecule has 1 spiro atoms. The van der Waals surface area contributed by atoms with Crippen LogP contribution in [0.15, 0.2) is 54.6 Å².